The molecule has 10 nitrogen and oxygen atoms in total. The zero-order chi connectivity index (χ0) is 25.6. The summed E-state index contributed by atoms with van der Waals surface area (Å²) in [6.07, 6.45) is 0.716. The molecule has 2 heterocycles. The van der Waals surface area contributed by atoms with Gasteiger partial charge in [-0.05, 0) is 43.5 Å². The Hall–Kier alpha value is -3.36. The molecule has 1 aliphatic heterocycles. The zero-order valence-corrected chi connectivity index (χ0v) is 20.9. The number of rotatable bonds is 8. The van der Waals surface area contributed by atoms with Crippen molar-refractivity contribution in [3.63, 3.8) is 0 Å². The van der Waals surface area contributed by atoms with Crippen LogP contribution in [-0.4, -0.2) is 52.1 Å². The van der Waals surface area contributed by atoms with Gasteiger partial charge in [0.25, 0.3) is 0 Å². The van der Waals surface area contributed by atoms with Gasteiger partial charge in [0.15, 0.2) is 5.82 Å². The Bertz CT molecular complexity index is 1240. The number of nitrogens with one attached hydrogen (secondary N) is 1. The highest BCUT2D eigenvalue weighted by atomic mass is 35.5. The molecule has 0 atom stereocenters. The predicted octanol–water partition coefficient (Wildman–Crippen LogP) is 2.65. The molecule has 1 saturated heterocycles. The highest BCUT2D eigenvalue weighted by Crippen LogP contribution is 2.29. The first-order valence-electron chi connectivity index (χ1n) is 10.9. The van der Waals surface area contributed by atoms with Gasteiger partial charge in [-0.15, -0.1) is 0 Å². The second kappa shape index (κ2) is 11.4. The van der Waals surface area contributed by atoms with Crippen LogP contribution in [0, 0.1) is 17.2 Å². The fraction of sp³-hybridized carbons (Fsp3) is 0.391. The second-order valence-electron chi connectivity index (χ2n) is 7.86. The van der Waals surface area contributed by atoms with E-state index in [2.05, 4.69) is 9.71 Å². The number of aromatic nitrogens is 1. The number of methoxy groups -OCH3 is 1. The van der Waals surface area contributed by atoms with Gasteiger partial charge in [0.1, 0.15) is 11.6 Å². The molecule has 12 heteroatoms. The van der Waals surface area contributed by atoms with Gasteiger partial charge in [0.2, 0.25) is 21.8 Å². The molecule has 35 heavy (non-hydrogen) atoms. The summed E-state index contributed by atoms with van der Waals surface area (Å²) in [5, 5.41) is 10.1. The number of nitrogens with zero attached hydrogens (tertiary/aromatic N) is 3. The van der Waals surface area contributed by atoms with Crippen molar-refractivity contribution in [3.05, 3.63) is 52.0 Å². The number of benzene rings is 1. The topological polar surface area (TPSA) is 139 Å². The molecule has 1 amide bonds. The van der Waals surface area contributed by atoms with E-state index in [1.807, 2.05) is 11.0 Å². The van der Waals surface area contributed by atoms with E-state index in [-0.39, 0.29) is 29.4 Å². The minimum absolute atomic E-state index is 0.0330. The molecule has 1 aromatic carbocycles. The Kier molecular flexibility index (Phi) is 8.53. The highest BCUT2D eigenvalue weighted by molar-refractivity contribution is 7.89. The number of ether oxygens (including phenoxy) is 2. The van der Waals surface area contributed by atoms with Gasteiger partial charge >= 0.3 is 5.97 Å². The summed E-state index contributed by atoms with van der Waals surface area (Å²) in [7, 11) is -2.51. The van der Waals surface area contributed by atoms with Crippen LogP contribution in [0.4, 0.5) is 5.82 Å². The SMILES string of the molecule is CCOC(=O)c1cc(C#N)c(N2CCC(C(=O)NS(=O)(=O)Cc3ccc(Cl)cc3)CC2)nc1OC. The molecule has 3 rings (SSSR count). The van der Waals surface area contributed by atoms with Crippen molar-refractivity contribution in [1.29, 1.82) is 5.26 Å². The lowest BCUT2D eigenvalue weighted by Gasteiger charge is -2.32. The Morgan fingerprint density at radius 3 is 2.49 bits per heavy atom. The van der Waals surface area contributed by atoms with E-state index in [1.54, 1.807) is 31.2 Å². The van der Waals surface area contributed by atoms with Crippen LogP contribution in [0.1, 0.15) is 41.3 Å². The van der Waals surface area contributed by atoms with Gasteiger partial charge < -0.3 is 14.4 Å². The molecule has 1 N–H and O–H groups in total. The van der Waals surface area contributed by atoms with Gasteiger partial charge in [0, 0.05) is 24.0 Å². The predicted molar refractivity (Wildman–Crippen MR) is 129 cm³/mol. The first-order valence-corrected chi connectivity index (χ1v) is 12.9. The number of carbonyl (C=O) groups excluding carboxylic acids is 2. The van der Waals surface area contributed by atoms with E-state index in [1.165, 1.54) is 13.2 Å². The third-order valence-corrected chi connectivity index (χ3v) is 6.95. The summed E-state index contributed by atoms with van der Waals surface area (Å²) >= 11 is 5.82. The number of esters is 1. The van der Waals surface area contributed by atoms with E-state index in [4.69, 9.17) is 21.1 Å². The lowest BCUT2D eigenvalue weighted by molar-refractivity contribution is -0.123. The highest BCUT2D eigenvalue weighted by Gasteiger charge is 2.30. The number of hydrogen-bond acceptors (Lipinski definition) is 9. The maximum atomic E-state index is 12.6. The van der Waals surface area contributed by atoms with Gasteiger partial charge in [-0.3, -0.25) is 9.52 Å². The maximum absolute atomic E-state index is 12.6. The molecule has 0 radical (unpaired) electrons. The van der Waals surface area contributed by atoms with Crippen molar-refractivity contribution in [3.8, 4) is 11.9 Å². The fourth-order valence-electron chi connectivity index (χ4n) is 3.75. The van der Waals surface area contributed by atoms with Crippen molar-refractivity contribution in [2.45, 2.75) is 25.5 Å². The fourth-order valence-corrected chi connectivity index (χ4v) is 5.05. The van der Waals surface area contributed by atoms with Crippen LogP contribution >= 0.6 is 11.6 Å². The Morgan fingerprint density at radius 1 is 1.26 bits per heavy atom. The molecule has 1 aliphatic rings. The van der Waals surface area contributed by atoms with Gasteiger partial charge in [-0.25, -0.2) is 13.2 Å². The molecule has 1 fully saturated rings. The van der Waals surface area contributed by atoms with Crippen LogP contribution in [0.3, 0.4) is 0 Å². The van der Waals surface area contributed by atoms with E-state index >= 15 is 0 Å². The van der Waals surface area contributed by atoms with Gasteiger partial charge in [-0.1, -0.05) is 23.7 Å². The maximum Gasteiger partial charge on any atom is 0.343 e. The largest absolute Gasteiger partial charge is 0.480 e. The van der Waals surface area contributed by atoms with Crippen LogP contribution in [0.5, 0.6) is 5.88 Å². The number of anilines is 1. The number of nitriles is 1. The molecule has 0 unspecified atom stereocenters. The first-order chi connectivity index (χ1) is 16.7. The summed E-state index contributed by atoms with van der Waals surface area (Å²) < 4.78 is 37.3. The number of amides is 1. The number of piperidine rings is 1. The Morgan fingerprint density at radius 2 is 1.91 bits per heavy atom. The summed E-state index contributed by atoms with van der Waals surface area (Å²) in [6, 6.07) is 9.76. The van der Waals surface area contributed by atoms with Crippen molar-refractivity contribution in [1.82, 2.24) is 9.71 Å². The molecule has 1 aromatic heterocycles. The first kappa shape index (κ1) is 26.2. The van der Waals surface area contributed by atoms with Crippen LogP contribution in [-0.2, 0) is 25.3 Å². The van der Waals surface area contributed by atoms with Crippen LogP contribution in [0.25, 0.3) is 0 Å². The number of pyridine rings is 1. The Labute approximate surface area is 208 Å². The van der Waals surface area contributed by atoms with E-state index in [0.717, 1.165) is 0 Å². The van der Waals surface area contributed by atoms with Crippen molar-refractivity contribution >= 4 is 39.3 Å². The summed E-state index contributed by atoms with van der Waals surface area (Å²) in [5.41, 5.74) is 0.733. The van der Waals surface area contributed by atoms with E-state index in [9.17, 15) is 23.3 Å². The number of carbonyl (C=O) groups is 2. The smallest absolute Gasteiger partial charge is 0.343 e. The molecule has 0 spiro atoms. The average Bonchev–Trinajstić information content (AvgIpc) is 2.84. The minimum atomic E-state index is -3.87. The van der Waals surface area contributed by atoms with Crippen LogP contribution < -0.4 is 14.4 Å². The number of sulfonamides is 1. The molecule has 0 saturated carbocycles. The number of hydrogen-bond donors (Lipinski definition) is 1. The van der Waals surface area contributed by atoms with Gasteiger partial charge in [0.05, 0.1) is 25.0 Å². The van der Waals surface area contributed by atoms with Crippen molar-refractivity contribution < 1.29 is 27.5 Å². The third-order valence-electron chi connectivity index (χ3n) is 5.47. The molecule has 0 aliphatic carbocycles. The van der Waals surface area contributed by atoms with Crippen molar-refractivity contribution in [2.24, 2.45) is 5.92 Å². The number of halogens is 1. The third kappa shape index (κ3) is 6.61. The van der Waals surface area contributed by atoms with Crippen LogP contribution in [0.2, 0.25) is 5.02 Å². The summed E-state index contributed by atoms with van der Waals surface area (Å²) in [5.74, 6) is -1.70. The lowest BCUT2D eigenvalue weighted by Crippen LogP contribution is -2.43. The van der Waals surface area contributed by atoms with Gasteiger partial charge in [-0.2, -0.15) is 10.2 Å². The monoisotopic (exact) mass is 520 g/mol. The minimum Gasteiger partial charge on any atom is -0.480 e. The quantitative estimate of drug-likeness (QED) is 0.520. The zero-order valence-electron chi connectivity index (χ0n) is 19.3. The summed E-state index contributed by atoms with van der Waals surface area (Å²) in [4.78, 5) is 31.0. The normalized spacial score (nSPS) is 14.2. The molecule has 186 valence electrons. The lowest BCUT2D eigenvalue weighted by atomic mass is 9.96. The molecular formula is C23H25ClN4O6S. The van der Waals surface area contributed by atoms with E-state index < -0.39 is 27.8 Å². The standard InChI is InChI=1S/C23H25ClN4O6S/c1-3-34-23(30)19-12-17(13-25)20(26-22(19)33-2)28-10-8-16(9-11-28)21(29)27-35(31,32)14-15-4-6-18(24)7-5-15/h4-7,12,16H,3,8-11,14H2,1-2H3,(H,27,29). The average molecular weight is 521 g/mol. The molecule has 0 bridgehead atoms. The second-order valence-corrected chi connectivity index (χ2v) is 10.0. The van der Waals surface area contributed by atoms with Crippen LogP contribution in [0.15, 0.2) is 30.3 Å². The summed E-state index contributed by atoms with van der Waals surface area (Å²) in [6.45, 7) is 2.55. The molecule has 2 aromatic rings. The Balaban J connectivity index is 1.67. The van der Waals surface area contributed by atoms with Crippen molar-refractivity contribution in [2.75, 3.05) is 31.7 Å². The van der Waals surface area contributed by atoms with E-state index in [0.29, 0.717) is 42.3 Å². The molecular weight excluding hydrogens is 496 g/mol.